The molecule has 0 atom stereocenters. The predicted molar refractivity (Wildman–Crippen MR) is 151 cm³/mol. The standard InChI is InChI=1S/C30H36FN7O3/c1-18(2)38(19(3)4)29(39)23-11-20(31)5-6-25(23)41-28-27(34-17-35-36-28)37-15-30(16-37)12-21(13-30)40-26-8-10-33-24-14-32-9-7-22(24)26/h5-6,8,10-11,17-19,21,32H,7,9,12-16H2,1-4H3. The van der Waals surface area contributed by atoms with Gasteiger partial charge < -0.3 is 24.6 Å². The molecule has 2 fully saturated rings. The lowest BCUT2D eigenvalue weighted by Crippen LogP contribution is -2.65. The van der Waals surface area contributed by atoms with Crippen LogP contribution in [0, 0.1) is 11.2 Å². The molecule has 1 N–H and O–H groups in total. The van der Waals surface area contributed by atoms with E-state index >= 15 is 0 Å². The summed E-state index contributed by atoms with van der Waals surface area (Å²) in [5.74, 6) is 1.10. The average molecular weight is 562 g/mol. The van der Waals surface area contributed by atoms with Gasteiger partial charge in [-0.15, -0.1) is 10.2 Å². The molecule has 3 aliphatic rings. The van der Waals surface area contributed by atoms with Crippen LogP contribution >= 0.6 is 0 Å². The first kappa shape index (κ1) is 27.3. The predicted octanol–water partition coefficient (Wildman–Crippen LogP) is 4.15. The number of fused-ring (bicyclic) bond motifs is 1. The Hall–Kier alpha value is -3.86. The number of carbonyl (C=O) groups is 1. The maximum absolute atomic E-state index is 14.3. The Balaban J connectivity index is 1.13. The van der Waals surface area contributed by atoms with Crippen LogP contribution in [0.4, 0.5) is 10.2 Å². The summed E-state index contributed by atoms with van der Waals surface area (Å²) in [6, 6.07) is 5.78. The van der Waals surface area contributed by atoms with Crippen LogP contribution in [0.1, 0.15) is 62.2 Å². The second-order valence-electron chi connectivity index (χ2n) is 11.9. The number of benzene rings is 1. The molecule has 2 aliphatic heterocycles. The zero-order valence-electron chi connectivity index (χ0n) is 23.9. The van der Waals surface area contributed by atoms with E-state index in [2.05, 4.69) is 30.4 Å². The Morgan fingerprint density at radius 2 is 1.90 bits per heavy atom. The van der Waals surface area contributed by atoms with Crippen LogP contribution < -0.4 is 19.7 Å². The second-order valence-corrected chi connectivity index (χ2v) is 11.9. The van der Waals surface area contributed by atoms with Gasteiger partial charge in [-0.25, -0.2) is 9.37 Å². The molecule has 0 radical (unpaired) electrons. The molecule has 1 aromatic carbocycles. The van der Waals surface area contributed by atoms with E-state index in [0.717, 1.165) is 56.9 Å². The van der Waals surface area contributed by atoms with E-state index < -0.39 is 5.82 Å². The zero-order valence-corrected chi connectivity index (χ0v) is 23.9. The molecule has 2 aromatic heterocycles. The first-order chi connectivity index (χ1) is 19.7. The Kier molecular flexibility index (Phi) is 7.23. The summed E-state index contributed by atoms with van der Waals surface area (Å²) in [6.07, 6.45) is 6.25. The molecule has 1 aliphatic carbocycles. The minimum atomic E-state index is -0.513. The van der Waals surface area contributed by atoms with Gasteiger partial charge in [0, 0.05) is 48.9 Å². The number of carbonyl (C=O) groups excluding carboxylic acids is 1. The highest BCUT2D eigenvalue weighted by Gasteiger charge is 2.54. The van der Waals surface area contributed by atoms with E-state index in [9.17, 15) is 9.18 Å². The molecule has 1 saturated carbocycles. The first-order valence-corrected chi connectivity index (χ1v) is 14.3. The fourth-order valence-electron chi connectivity index (χ4n) is 6.42. The van der Waals surface area contributed by atoms with Gasteiger partial charge >= 0.3 is 0 Å². The highest BCUT2D eigenvalue weighted by atomic mass is 19.1. The van der Waals surface area contributed by atoms with Crippen molar-refractivity contribution in [2.45, 2.75) is 71.7 Å². The third kappa shape index (κ3) is 5.30. The molecule has 0 bridgehead atoms. The van der Waals surface area contributed by atoms with E-state index in [1.54, 1.807) is 4.90 Å². The number of nitrogens with one attached hydrogen (secondary N) is 1. The Morgan fingerprint density at radius 1 is 1.12 bits per heavy atom. The van der Waals surface area contributed by atoms with Crippen molar-refractivity contribution in [1.29, 1.82) is 0 Å². The van der Waals surface area contributed by atoms with Gasteiger partial charge in [0.2, 0.25) is 0 Å². The van der Waals surface area contributed by atoms with Crippen molar-refractivity contribution in [2.75, 3.05) is 24.5 Å². The number of hydrogen-bond acceptors (Lipinski definition) is 9. The van der Waals surface area contributed by atoms with E-state index in [4.69, 9.17) is 9.47 Å². The highest BCUT2D eigenvalue weighted by molar-refractivity contribution is 5.97. The first-order valence-electron chi connectivity index (χ1n) is 14.3. The third-order valence-electron chi connectivity index (χ3n) is 8.21. The summed E-state index contributed by atoms with van der Waals surface area (Å²) in [5, 5.41) is 11.5. The maximum Gasteiger partial charge on any atom is 0.282 e. The number of halogens is 1. The molecular formula is C30H36FN7O3. The number of ether oxygens (including phenoxy) is 2. The molecular weight excluding hydrogens is 525 g/mol. The highest BCUT2D eigenvalue weighted by Crippen LogP contribution is 2.52. The number of anilines is 1. The molecule has 41 heavy (non-hydrogen) atoms. The molecule has 1 spiro atoms. The number of aromatic nitrogens is 4. The van der Waals surface area contributed by atoms with Crippen molar-refractivity contribution in [3.63, 3.8) is 0 Å². The second kappa shape index (κ2) is 10.8. The van der Waals surface area contributed by atoms with E-state index in [0.29, 0.717) is 5.82 Å². The van der Waals surface area contributed by atoms with Crippen molar-refractivity contribution in [2.24, 2.45) is 5.41 Å². The van der Waals surface area contributed by atoms with Gasteiger partial charge in [-0.3, -0.25) is 9.78 Å². The molecule has 11 heteroatoms. The van der Waals surface area contributed by atoms with Gasteiger partial charge in [0.15, 0.2) is 5.82 Å². The van der Waals surface area contributed by atoms with E-state index in [-0.39, 0.29) is 46.7 Å². The minimum Gasteiger partial charge on any atom is -0.490 e. The average Bonchev–Trinajstić information content (AvgIpc) is 2.90. The summed E-state index contributed by atoms with van der Waals surface area (Å²) in [5.41, 5.74) is 2.60. The molecule has 1 amide bonds. The van der Waals surface area contributed by atoms with Crippen molar-refractivity contribution in [3.8, 4) is 17.4 Å². The molecule has 1 saturated heterocycles. The molecule has 4 heterocycles. The van der Waals surface area contributed by atoms with Gasteiger partial charge in [-0.1, -0.05) is 0 Å². The van der Waals surface area contributed by atoms with Crippen molar-refractivity contribution >= 4 is 11.7 Å². The van der Waals surface area contributed by atoms with Gasteiger partial charge in [0.05, 0.1) is 11.3 Å². The van der Waals surface area contributed by atoms with Gasteiger partial charge in [-0.05, 0) is 77.8 Å². The molecule has 10 nitrogen and oxygen atoms in total. The number of pyridine rings is 1. The monoisotopic (exact) mass is 561 g/mol. The summed E-state index contributed by atoms with van der Waals surface area (Å²) in [4.78, 5) is 26.2. The lowest BCUT2D eigenvalue weighted by Gasteiger charge is -2.58. The number of rotatable bonds is 8. The van der Waals surface area contributed by atoms with Crippen LogP contribution in [0.15, 0.2) is 36.8 Å². The SMILES string of the molecule is CC(C)N(C(=O)c1cc(F)ccc1Oc1nncnc1N1CC2(CC(Oc3ccnc4c3CCNC4)C2)C1)C(C)C. The van der Waals surface area contributed by atoms with Gasteiger partial charge in [0.25, 0.3) is 11.8 Å². The molecule has 6 rings (SSSR count). The minimum absolute atomic E-state index is 0.0686. The summed E-state index contributed by atoms with van der Waals surface area (Å²) >= 11 is 0. The number of nitrogens with zero attached hydrogens (tertiary/aromatic N) is 6. The van der Waals surface area contributed by atoms with Crippen molar-refractivity contribution in [3.05, 3.63) is 59.4 Å². The van der Waals surface area contributed by atoms with E-state index in [1.165, 1.54) is 30.1 Å². The third-order valence-corrected chi connectivity index (χ3v) is 8.21. The maximum atomic E-state index is 14.3. The van der Waals surface area contributed by atoms with Gasteiger partial charge in [-0.2, -0.15) is 0 Å². The fraction of sp³-hybridized carbons (Fsp3) is 0.500. The summed E-state index contributed by atoms with van der Waals surface area (Å²) < 4.78 is 26.8. The Labute approximate surface area is 239 Å². The van der Waals surface area contributed by atoms with Crippen LogP contribution in [0.5, 0.6) is 17.4 Å². The lowest BCUT2D eigenvalue weighted by molar-refractivity contribution is -0.0350. The van der Waals surface area contributed by atoms with Crippen LogP contribution in [-0.4, -0.2) is 68.8 Å². The molecule has 216 valence electrons. The Bertz CT molecular complexity index is 1430. The molecule has 0 unspecified atom stereocenters. The molecule has 3 aromatic rings. The topological polar surface area (TPSA) is 106 Å². The Morgan fingerprint density at radius 3 is 2.66 bits per heavy atom. The fourth-order valence-corrected chi connectivity index (χ4v) is 6.42. The van der Waals surface area contributed by atoms with Crippen LogP contribution in [0.2, 0.25) is 0 Å². The van der Waals surface area contributed by atoms with Gasteiger partial charge in [0.1, 0.15) is 29.7 Å². The van der Waals surface area contributed by atoms with Crippen LogP contribution in [0.25, 0.3) is 0 Å². The van der Waals surface area contributed by atoms with E-state index in [1.807, 2.05) is 40.0 Å². The number of amides is 1. The van der Waals surface area contributed by atoms with Crippen molar-refractivity contribution in [1.82, 2.24) is 30.4 Å². The van der Waals surface area contributed by atoms with Crippen molar-refractivity contribution < 1.29 is 18.7 Å². The largest absolute Gasteiger partial charge is 0.490 e. The normalized spacial score (nSPS) is 17.7. The summed E-state index contributed by atoms with van der Waals surface area (Å²) in [7, 11) is 0. The van der Waals surface area contributed by atoms with Crippen LogP contribution in [0.3, 0.4) is 0 Å². The van der Waals surface area contributed by atoms with Crippen LogP contribution in [-0.2, 0) is 13.0 Å². The zero-order chi connectivity index (χ0) is 28.7. The quantitative estimate of drug-likeness (QED) is 0.434. The number of hydrogen-bond donors (Lipinski definition) is 1. The lowest BCUT2D eigenvalue weighted by atomic mass is 9.61. The smallest absolute Gasteiger partial charge is 0.282 e. The summed E-state index contributed by atoms with van der Waals surface area (Å²) in [6.45, 7) is 11.0.